The first kappa shape index (κ1) is 18.0. The number of nitrogens with one attached hydrogen (secondary N) is 1. The summed E-state index contributed by atoms with van der Waals surface area (Å²) < 4.78 is 1.48. The van der Waals surface area contributed by atoms with Crippen molar-refractivity contribution in [2.24, 2.45) is 5.10 Å². The van der Waals surface area contributed by atoms with E-state index in [1.807, 2.05) is 24.3 Å². The molecule has 1 amide bonds. The minimum atomic E-state index is -0.278. The van der Waals surface area contributed by atoms with Crippen LogP contribution in [-0.2, 0) is 11.2 Å². The Bertz CT molecular complexity index is 762. The van der Waals surface area contributed by atoms with Crippen molar-refractivity contribution in [3.05, 3.63) is 54.9 Å². The highest BCUT2D eigenvalue weighted by Gasteiger charge is 2.12. The number of hydrogen-bond donors (Lipinski definition) is 3. The predicted octanol–water partition coefficient (Wildman–Crippen LogP) is 4.08. The van der Waals surface area contributed by atoms with E-state index in [0.717, 1.165) is 10.0 Å². The van der Waals surface area contributed by atoms with Crippen molar-refractivity contribution in [3.8, 4) is 11.5 Å². The SMILES string of the molecule is O=C(Cc1ccc(Br)cc1)N/N=C\c1cc(Br)c(O)c(Br)c1O. The van der Waals surface area contributed by atoms with Gasteiger partial charge in [0, 0.05) is 10.0 Å². The van der Waals surface area contributed by atoms with E-state index < -0.39 is 0 Å². The zero-order valence-electron chi connectivity index (χ0n) is 11.6. The fourth-order valence-electron chi connectivity index (χ4n) is 1.72. The number of phenolic OH excluding ortho intramolecular Hbond substituents is 2. The third-order valence-electron chi connectivity index (χ3n) is 2.87. The van der Waals surface area contributed by atoms with Crippen LogP contribution in [0.3, 0.4) is 0 Å². The van der Waals surface area contributed by atoms with Crippen molar-refractivity contribution in [1.29, 1.82) is 0 Å². The Balaban J connectivity index is 2.01. The van der Waals surface area contributed by atoms with Crippen LogP contribution < -0.4 is 5.43 Å². The van der Waals surface area contributed by atoms with Crippen molar-refractivity contribution in [3.63, 3.8) is 0 Å². The first-order valence-electron chi connectivity index (χ1n) is 6.34. The second-order valence-electron chi connectivity index (χ2n) is 4.56. The number of nitrogens with zero attached hydrogens (tertiary/aromatic N) is 1. The number of carbonyl (C=O) groups is 1. The van der Waals surface area contributed by atoms with Crippen LogP contribution in [0.15, 0.2) is 48.9 Å². The highest BCUT2D eigenvalue weighted by atomic mass is 79.9. The van der Waals surface area contributed by atoms with Crippen LogP contribution in [0.1, 0.15) is 11.1 Å². The molecule has 0 radical (unpaired) electrons. The van der Waals surface area contributed by atoms with Crippen LogP contribution in [0.2, 0.25) is 0 Å². The van der Waals surface area contributed by atoms with Gasteiger partial charge < -0.3 is 10.2 Å². The molecular formula is C15H11Br3N2O3. The monoisotopic (exact) mass is 504 g/mol. The summed E-state index contributed by atoms with van der Waals surface area (Å²) in [6.45, 7) is 0. The van der Waals surface area contributed by atoms with Gasteiger partial charge in [0.05, 0.1) is 17.1 Å². The molecule has 0 saturated carbocycles. The molecule has 0 bridgehead atoms. The highest BCUT2D eigenvalue weighted by molar-refractivity contribution is 9.11. The minimum Gasteiger partial charge on any atom is -0.506 e. The molecule has 120 valence electrons. The highest BCUT2D eigenvalue weighted by Crippen LogP contribution is 2.40. The fourth-order valence-corrected chi connectivity index (χ4v) is 3.13. The number of carbonyl (C=O) groups excluding carboxylic acids is 1. The summed E-state index contributed by atoms with van der Waals surface area (Å²) in [5.74, 6) is -0.560. The van der Waals surface area contributed by atoms with Crippen molar-refractivity contribution >= 4 is 59.9 Å². The van der Waals surface area contributed by atoms with E-state index in [9.17, 15) is 15.0 Å². The molecule has 0 saturated heterocycles. The first-order chi connectivity index (χ1) is 10.9. The maximum Gasteiger partial charge on any atom is 0.244 e. The lowest BCUT2D eigenvalue weighted by molar-refractivity contribution is -0.120. The molecule has 8 heteroatoms. The first-order valence-corrected chi connectivity index (χ1v) is 8.72. The molecule has 0 fully saturated rings. The van der Waals surface area contributed by atoms with Gasteiger partial charge in [-0.1, -0.05) is 28.1 Å². The molecule has 0 aliphatic rings. The molecule has 0 aliphatic heterocycles. The van der Waals surface area contributed by atoms with Gasteiger partial charge in [-0.3, -0.25) is 4.79 Å². The Morgan fingerprint density at radius 1 is 1.13 bits per heavy atom. The standard InChI is InChI=1S/C15H11Br3N2O3/c16-10-3-1-8(2-4-10)5-12(21)20-19-7-9-6-11(17)15(23)13(18)14(9)22/h1-4,6-7,22-23H,5H2,(H,20,21)/b19-7-. The molecule has 0 unspecified atom stereocenters. The molecule has 2 aromatic carbocycles. The van der Waals surface area contributed by atoms with Gasteiger partial charge in [-0.2, -0.15) is 5.10 Å². The van der Waals surface area contributed by atoms with Gasteiger partial charge in [-0.05, 0) is 55.6 Å². The van der Waals surface area contributed by atoms with Gasteiger partial charge in [0.1, 0.15) is 16.0 Å². The fraction of sp³-hybridized carbons (Fsp3) is 0.0667. The van der Waals surface area contributed by atoms with Crippen LogP contribution in [0.5, 0.6) is 11.5 Å². The second kappa shape index (κ2) is 7.94. The molecule has 2 rings (SSSR count). The van der Waals surface area contributed by atoms with E-state index in [4.69, 9.17) is 0 Å². The smallest absolute Gasteiger partial charge is 0.244 e. The molecule has 0 aromatic heterocycles. The normalized spacial score (nSPS) is 10.9. The Morgan fingerprint density at radius 3 is 2.43 bits per heavy atom. The molecular weight excluding hydrogens is 496 g/mol. The predicted molar refractivity (Wildman–Crippen MR) is 98.8 cm³/mol. The number of rotatable bonds is 4. The Morgan fingerprint density at radius 2 is 1.78 bits per heavy atom. The largest absolute Gasteiger partial charge is 0.506 e. The van der Waals surface area contributed by atoms with Crippen LogP contribution in [0, 0.1) is 0 Å². The van der Waals surface area contributed by atoms with Gasteiger partial charge in [0.2, 0.25) is 5.91 Å². The number of hydrazone groups is 1. The molecule has 23 heavy (non-hydrogen) atoms. The summed E-state index contributed by atoms with van der Waals surface area (Å²) in [6, 6.07) is 8.88. The average Bonchev–Trinajstić information content (AvgIpc) is 2.52. The van der Waals surface area contributed by atoms with Crippen LogP contribution in [0.4, 0.5) is 0 Å². The lowest BCUT2D eigenvalue weighted by Crippen LogP contribution is -2.19. The zero-order valence-corrected chi connectivity index (χ0v) is 16.3. The summed E-state index contributed by atoms with van der Waals surface area (Å²) in [4.78, 5) is 11.8. The number of benzene rings is 2. The average molecular weight is 507 g/mol. The van der Waals surface area contributed by atoms with E-state index in [0.29, 0.717) is 10.0 Å². The quantitative estimate of drug-likeness (QED) is 0.432. The maximum absolute atomic E-state index is 11.8. The molecule has 5 nitrogen and oxygen atoms in total. The molecule has 0 aliphatic carbocycles. The maximum atomic E-state index is 11.8. The third kappa shape index (κ3) is 4.79. The number of halogens is 3. The van der Waals surface area contributed by atoms with E-state index in [1.165, 1.54) is 12.3 Å². The lowest BCUT2D eigenvalue weighted by atomic mass is 10.1. The van der Waals surface area contributed by atoms with Crippen molar-refractivity contribution in [1.82, 2.24) is 5.43 Å². The topological polar surface area (TPSA) is 81.9 Å². The molecule has 3 N–H and O–H groups in total. The van der Waals surface area contributed by atoms with E-state index in [1.54, 1.807) is 0 Å². The molecule has 0 atom stereocenters. The van der Waals surface area contributed by atoms with Crippen molar-refractivity contribution in [2.45, 2.75) is 6.42 Å². The minimum absolute atomic E-state index is 0.112. The van der Waals surface area contributed by atoms with Gasteiger partial charge in [-0.25, -0.2) is 5.43 Å². The summed E-state index contributed by atoms with van der Waals surface area (Å²) in [6.07, 6.45) is 1.49. The summed E-state index contributed by atoms with van der Waals surface area (Å²) >= 11 is 9.56. The van der Waals surface area contributed by atoms with Crippen molar-refractivity contribution < 1.29 is 15.0 Å². The van der Waals surface area contributed by atoms with Crippen LogP contribution in [-0.4, -0.2) is 22.3 Å². The third-order valence-corrected chi connectivity index (χ3v) is 4.75. The summed E-state index contributed by atoms with van der Waals surface area (Å²) in [7, 11) is 0. The molecule has 0 heterocycles. The van der Waals surface area contributed by atoms with E-state index in [-0.39, 0.29) is 28.3 Å². The second-order valence-corrected chi connectivity index (χ2v) is 7.12. The van der Waals surface area contributed by atoms with Gasteiger partial charge in [0.15, 0.2) is 0 Å². The van der Waals surface area contributed by atoms with Gasteiger partial charge in [0.25, 0.3) is 0 Å². The van der Waals surface area contributed by atoms with Crippen molar-refractivity contribution in [2.75, 3.05) is 0 Å². The number of hydrogen-bond acceptors (Lipinski definition) is 4. The number of phenols is 2. The van der Waals surface area contributed by atoms with E-state index in [2.05, 4.69) is 58.3 Å². The number of aromatic hydroxyl groups is 2. The summed E-state index contributed by atoms with van der Waals surface area (Å²) in [5.41, 5.74) is 3.59. The van der Waals surface area contributed by atoms with Gasteiger partial charge in [-0.15, -0.1) is 0 Å². The van der Waals surface area contributed by atoms with Gasteiger partial charge >= 0.3 is 0 Å². The Labute approximate surface area is 157 Å². The van der Waals surface area contributed by atoms with Crippen LogP contribution in [0.25, 0.3) is 0 Å². The lowest BCUT2D eigenvalue weighted by Gasteiger charge is -2.06. The molecule has 0 spiro atoms. The zero-order chi connectivity index (χ0) is 17.0. The Hall–Kier alpha value is -1.38. The van der Waals surface area contributed by atoms with E-state index >= 15 is 0 Å². The summed E-state index contributed by atoms with van der Waals surface area (Å²) in [5, 5.41) is 23.3. The Kier molecular flexibility index (Phi) is 6.20. The number of amides is 1. The van der Waals surface area contributed by atoms with Crippen LogP contribution >= 0.6 is 47.8 Å². The molecule has 2 aromatic rings.